The van der Waals surface area contributed by atoms with E-state index in [9.17, 15) is 0 Å². The molecule has 0 N–H and O–H groups in total. The molecule has 0 fully saturated rings. The number of aromatic nitrogens is 1. The number of rotatable bonds is 6. The Bertz CT molecular complexity index is 2790. The fourth-order valence-corrected chi connectivity index (χ4v) is 7.46. The molecule has 0 aliphatic heterocycles. The van der Waals surface area contributed by atoms with Gasteiger partial charge in [-0.2, -0.15) is 0 Å². The third-order valence-electron chi connectivity index (χ3n) is 10.1. The van der Waals surface area contributed by atoms with Crippen molar-refractivity contribution in [1.82, 2.24) is 4.98 Å². The standard InChI is InChI=1S/C49H32N2O/c1-3-11-33(12-4-1)36-21-25-40(26-22-36)51(41-27-23-37(24-28-41)34-13-5-2-6-14-34)42-29-30-44-43-17-9-10-18-45(43)48-47(46(44)32-42)50-49(52-48)39-20-19-35-15-7-8-16-38(35)31-39/h1-32H. The SMILES string of the molecule is c1ccc(-c2ccc(N(c3ccc(-c4ccccc4)cc3)c3ccc4c5ccccc5c5oc(-c6ccc7ccccc7c6)nc5c4c3)cc2)cc1. The molecule has 3 nitrogen and oxygen atoms in total. The van der Waals surface area contributed by atoms with Crippen LogP contribution in [0.25, 0.3) is 77.1 Å². The molecule has 0 aliphatic rings. The molecule has 0 atom stereocenters. The van der Waals surface area contributed by atoms with Gasteiger partial charge >= 0.3 is 0 Å². The van der Waals surface area contributed by atoms with E-state index in [1.807, 2.05) is 0 Å². The van der Waals surface area contributed by atoms with E-state index in [4.69, 9.17) is 9.40 Å². The molecule has 0 saturated carbocycles. The number of hydrogen-bond acceptors (Lipinski definition) is 3. The van der Waals surface area contributed by atoms with Gasteiger partial charge in [0.2, 0.25) is 5.89 Å². The van der Waals surface area contributed by atoms with Crippen molar-refractivity contribution >= 4 is 60.5 Å². The van der Waals surface area contributed by atoms with E-state index >= 15 is 0 Å². The van der Waals surface area contributed by atoms with Gasteiger partial charge in [-0.15, -0.1) is 0 Å². The molecule has 0 amide bonds. The maximum atomic E-state index is 6.68. The molecule has 1 aromatic heterocycles. The predicted molar refractivity (Wildman–Crippen MR) is 218 cm³/mol. The minimum atomic E-state index is 0.619. The highest BCUT2D eigenvalue weighted by Gasteiger charge is 2.20. The van der Waals surface area contributed by atoms with Gasteiger partial charge in [-0.1, -0.05) is 146 Å². The number of oxazole rings is 1. The van der Waals surface area contributed by atoms with E-state index in [1.54, 1.807) is 0 Å². The van der Waals surface area contributed by atoms with Gasteiger partial charge in [0.15, 0.2) is 5.58 Å². The Morgan fingerprint density at radius 3 is 1.50 bits per heavy atom. The predicted octanol–water partition coefficient (Wildman–Crippen LogP) is 13.8. The summed E-state index contributed by atoms with van der Waals surface area (Å²) in [6.45, 7) is 0. The van der Waals surface area contributed by atoms with Crippen molar-refractivity contribution in [3.8, 4) is 33.7 Å². The first-order valence-electron chi connectivity index (χ1n) is 17.6. The summed E-state index contributed by atoms with van der Waals surface area (Å²) in [6.07, 6.45) is 0. The molecule has 0 unspecified atom stereocenters. The average molecular weight is 665 g/mol. The van der Waals surface area contributed by atoms with Crippen molar-refractivity contribution in [3.05, 3.63) is 194 Å². The van der Waals surface area contributed by atoms with Gasteiger partial charge in [-0.25, -0.2) is 4.98 Å². The third kappa shape index (κ3) is 5.19. The molecule has 0 spiro atoms. The molecule has 0 aliphatic carbocycles. The van der Waals surface area contributed by atoms with Gasteiger partial charge in [0.1, 0.15) is 5.52 Å². The van der Waals surface area contributed by atoms with Crippen molar-refractivity contribution < 1.29 is 4.42 Å². The first-order chi connectivity index (χ1) is 25.8. The lowest BCUT2D eigenvalue weighted by atomic mass is 9.99. The lowest BCUT2D eigenvalue weighted by Crippen LogP contribution is -2.10. The fourth-order valence-electron chi connectivity index (χ4n) is 7.46. The highest BCUT2D eigenvalue weighted by Crippen LogP contribution is 2.42. The van der Waals surface area contributed by atoms with E-state index in [1.165, 1.54) is 27.6 Å². The zero-order valence-electron chi connectivity index (χ0n) is 28.3. The summed E-state index contributed by atoms with van der Waals surface area (Å²) < 4.78 is 6.68. The van der Waals surface area contributed by atoms with Crippen LogP contribution < -0.4 is 4.90 Å². The molecule has 0 radical (unpaired) electrons. The lowest BCUT2D eigenvalue weighted by Gasteiger charge is -2.26. The Morgan fingerprint density at radius 2 is 0.846 bits per heavy atom. The normalized spacial score (nSPS) is 11.5. The molecule has 1 heterocycles. The van der Waals surface area contributed by atoms with Gasteiger partial charge < -0.3 is 9.32 Å². The monoisotopic (exact) mass is 664 g/mol. The molecular weight excluding hydrogens is 633 g/mol. The van der Waals surface area contributed by atoms with Crippen LogP contribution in [-0.4, -0.2) is 4.98 Å². The quantitative estimate of drug-likeness (QED) is 0.166. The maximum Gasteiger partial charge on any atom is 0.227 e. The van der Waals surface area contributed by atoms with Crippen LogP contribution in [0.15, 0.2) is 199 Å². The van der Waals surface area contributed by atoms with Crippen LogP contribution in [0.5, 0.6) is 0 Å². The topological polar surface area (TPSA) is 29.3 Å². The summed E-state index contributed by atoms with van der Waals surface area (Å²) in [5.74, 6) is 0.619. The third-order valence-corrected chi connectivity index (χ3v) is 10.1. The Hall–Kier alpha value is -6.97. The van der Waals surface area contributed by atoms with Crippen LogP contribution in [0.1, 0.15) is 0 Å². The van der Waals surface area contributed by atoms with Crippen molar-refractivity contribution in [3.63, 3.8) is 0 Å². The highest BCUT2D eigenvalue weighted by molar-refractivity contribution is 6.23. The Kier molecular flexibility index (Phi) is 7.14. The summed E-state index contributed by atoms with van der Waals surface area (Å²) in [5.41, 5.74) is 10.6. The number of benzene rings is 9. The average Bonchev–Trinajstić information content (AvgIpc) is 3.68. The van der Waals surface area contributed by atoms with E-state index < -0.39 is 0 Å². The largest absolute Gasteiger partial charge is 0.435 e. The Labute approximate surface area is 301 Å². The number of hydrogen-bond donors (Lipinski definition) is 0. The fraction of sp³-hybridized carbons (Fsp3) is 0. The molecule has 9 aromatic carbocycles. The zero-order chi connectivity index (χ0) is 34.4. The van der Waals surface area contributed by atoms with Crippen molar-refractivity contribution in [2.24, 2.45) is 0 Å². The smallest absolute Gasteiger partial charge is 0.227 e. The second kappa shape index (κ2) is 12.4. The lowest BCUT2D eigenvalue weighted by molar-refractivity contribution is 0.623. The van der Waals surface area contributed by atoms with Gasteiger partial charge in [-0.05, 0) is 92.3 Å². The maximum absolute atomic E-state index is 6.68. The van der Waals surface area contributed by atoms with E-state index in [0.717, 1.165) is 60.7 Å². The molecular formula is C49H32N2O. The van der Waals surface area contributed by atoms with Gasteiger partial charge in [0.25, 0.3) is 0 Å². The minimum Gasteiger partial charge on any atom is -0.435 e. The van der Waals surface area contributed by atoms with Crippen molar-refractivity contribution in [2.75, 3.05) is 4.90 Å². The second-order valence-corrected chi connectivity index (χ2v) is 13.2. The molecule has 3 heteroatoms. The Morgan fingerprint density at radius 1 is 0.346 bits per heavy atom. The minimum absolute atomic E-state index is 0.619. The van der Waals surface area contributed by atoms with Crippen molar-refractivity contribution in [1.29, 1.82) is 0 Å². The first kappa shape index (κ1) is 29.9. The van der Waals surface area contributed by atoms with E-state index in [-0.39, 0.29) is 0 Å². The van der Waals surface area contributed by atoms with Crippen molar-refractivity contribution in [2.45, 2.75) is 0 Å². The Balaban J connectivity index is 1.16. The zero-order valence-corrected chi connectivity index (χ0v) is 28.3. The highest BCUT2D eigenvalue weighted by atomic mass is 16.3. The summed E-state index contributed by atoms with van der Waals surface area (Å²) in [7, 11) is 0. The summed E-state index contributed by atoms with van der Waals surface area (Å²) in [5, 5.41) is 6.74. The molecule has 10 aromatic rings. The van der Waals surface area contributed by atoms with Gasteiger partial charge in [0.05, 0.1) is 0 Å². The number of nitrogens with zero attached hydrogens (tertiary/aromatic N) is 2. The molecule has 52 heavy (non-hydrogen) atoms. The molecule has 0 saturated heterocycles. The first-order valence-corrected chi connectivity index (χ1v) is 17.6. The van der Waals surface area contributed by atoms with Gasteiger partial charge in [-0.3, -0.25) is 0 Å². The van der Waals surface area contributed by atoms with E-state index in [0.29, 0.717) is 5.89 Å². The van der Waals surface area contributed by atoms with Crippen LogP contribution in [0.2, 0.25) is 0 Å². The van der Waals surface area contributed by atoms with Crippen LogP contribution in [0, 0.1) is 0 Å². The molecule has 10 rings (SSSR count). The summed E-state index contributed by atoms with van der Waals surface area (Å²) >= 11 is 0. The summed E-state index contributed by atoms with van der Waals surface area (Å²) in [4.78, 5) is 7.55. The van der Waals surface area contributed by atoms with Crippen LogP contribution >= 0.6 is 0 Å². The van der Waals surface area contributed by atoms with Gasteiger partial charge in [0, 0.05) is 33.4 Å². The van der Waals surface area contributed by atoms with Crippen LogP contribution in [0.4, 0.5) is 17.1 Å². The number of anilines is 3. The molecule has 244 valence electrons. The van der Waals surface area contributed by atoms with Crippen LogP contribution in [-0.2, 0) is 0 Å². The van der Waals surface area contributed by atoms with E-state index in [2.05, 4.69) is 199 Å². The second-order valence-electron chi connectivity index (χ2n) is 13.2. The molecule has 0 bridgehead atoms. The number of fused-ring (bicyclic) bond motifs is 7. The van der Waals surface area contributed by atoms with Crippen LogP contribution in [0.3, 0.4) is 0 Å². The summed E-state index contributed by atoms with van der Waals surface area (Å²) in [6, 6.07) is 68.7.